The highest BCUT2D eigenvalue weighted by Crippen LogP contribution is 2.38. The van der Waals surface area contributed by atoms with Gasteiger partial charge in [-0.05, 0) is 37.5 Å². The Bertz CT molecular complexity index is 671. The number of carbonyl (C=O) groups excluding carboxylic acids is 1. The van der Waals surface area contributed by atoms with Crippen molar-refractivity contribution in [2.24, 2.45) is 0 Å². The molecule has 28 heavy (non-hydrogen) atoms. The number of nitrogens with zero attached hydrogens (tertiary/aromatic N) is 1. The number of hydrogen-bond donors (Lipinski definition) is 1. The molecule has 0 saturated carbocycles. The first kappa shape index (κ1) is 23.5. The van der Waals surface area contributed by atoms with Crippen molar-refractivity contribution in [3.05, 3.63) is 35.9 Å². The number of aliphatic hydroxyl groups is 1. The van der Waals surface area contributed by atoms with E-state index in [1.54, 1.807) is 4.90 Å². The molecule has 1 amide bonds. The van der Waals surface area contributed by atoms with Crippen LogP contribution in [0.1, 0.15) is 52.7 Å². The maximum atomic E-state index is 13.1. The lowest BCUT2D eigenvalue weighted by Gasteiger charge is -2.44. The van der Waals surface area contributed by atoms with Gasteiger partial charge in [-0.1, -0.05) is 75.1 Å². The number of thiocarbonyl (C=S) groups is 1. The molecule has 0 radical (unpaired) electrons. The number of amides is 1. The molecule has 0 spiro atoms. The zero-order valence-corrected chi connectivity index (χ0v) is 20.2. The third-order valence-corrected chi connectivity index (χ3v) is 12.2. The fourth-order valence-electron chi connectivity index (χ4n) is 3.86. The SMILES string of the molecule is CC[Si](CC)(CC)OC(C)(C)[C@@H]1CSC(=S)N1C(=O)C[C@@H](O)c1ccccc1. The van der Waals surface area contributed by atoms with E-state index in [-0.39, 0.29) is 18.4 Å². The summed E-state index contributed by atoms with van der Waals surface area (Å²) in [4.78, 5) is 14.8. The molecule has 2 rings (SSSR count). The molecule has 0 bridgehead atoms. The van der Waals surface area contributed by atoms with E-state index in [0.717, 1.165) is 29.4 Å². The Labute approximate surface area is 180 Å². The molecule has 1 aromatic rings. The normalized spacial score (nSPS) is 19.1. The molecular formula is C21H33NO3S2Si. The Hall–Kier alpha value is -0.733. The maximum absolute atomic E-state index is 13.1. The van der Waals surface area contributed by atoms with Crippen molar-refractivity contribution >= 4 is 42.5 Å². The van der Waals surface area contributed by atoms with Gasteiger partial charge in [-0.2, -0.15) is 0 Å². The second kappa shape index (κ2) is 9.85. The van der Waals surface area contributed by atoms with Crippen molar-refractivity contribution in [1.29, 1.82) is 0 Å². The van der Waals surface area contributed by atoms with Gasteiger partial charge in [0.1, 0.15) is 4.32 Å². The Morgan fingerprint density at radius 3 is 2.39 bits per heavy atom. The molecule has 1 heterocycles. The smallest absolute Gasteiger partial charge is 0.231 e. The first-order valence-electron chi connectivity index (χ1n) is 10.1. The molecule has 1 fully saturated rings. The Balaban J connectivity index is 2.18. The monoisotopic (exact) mass is 439 g/mol. The van der Waals surface area contributed by atoms with E-state index in [1.807, 2.05) is 30.3 Å². The minimum atomic E-state index is -1.83. The molecule has 7 heteroatoms. The van der Waals surface area contributed by atoms with Gasteiger partial charge < -0.3 is 9.53 Å². The zero-order chi connectivity index (χ0) is 20.9. The summed E-state index contributed by atoms with van der Waals surface area (Å²) in [6.45, 7) is 10.8. The van der Waals surface area contributed by atoms with Gasteiger partial charge in [0.05, 0.1) is 24.2 Å². The average Bonchev–Trinajstić information content (AvgIpc) is 3.09. The van der Waals surface area contributed by atoms with Crippen LogP contribution in [0.4, 0.5) is 0 Å². The highest BCUT2D eigenvalue weighted by molar-refractivity contribution is 8.23. The summed E-state index contributed by atoms with van der Waals surface area (Å²) < 4.78 is 7.37. The van der Waals surface area contributed by atoms with Gasteiger partial charge in [-0.15, -0.1) is 0 Å². The Kier molecular flexibility index (Phi) is 8.28. The van der Waals surface area contributed by atoms with Gasteiger partial charge in [0.2, 0.25) is 5.91 Å². The number of hydrogen-bond acceptors (Lipinski definition) is 5. The number of rotatable bonds is 9. The van der Waals surface area contributed by atoms with Crippen LogP contribution in [0, 0.1) is 0 Å². The zero-order valence-electron chi connectivity index (χ0n) is 17.6. The molecule has 1 aromatic carbocycles. The topological polar surface area (TPSA) is 49.8 Å². The molecule has 156 valence electrons. The maximum Gasteiger partial charge on any atom is 0.231 e. The highest BCUT2D eigenvalue weighted by atomic mass is 32.2. The van der Waals surface area contributed by atoms with Crippen LogP contribution in [-0.2, 0) is 9.22 Å². The summed E-state index contributed by atoms with van der Waals surface area (Å²) >= 11 is 7.03. The quantitative estimate of drug-likeness (QED) is 0.426. The van der Waals surface area contributed by atoms with Crippen molar-refractivity contribution in [2.75, 3.05) is 5.75 Å². The number of aliphatic hydroxyl groups excluding tert-OH is 1. The van der Waals surface area contributed by atoms with E-state index in [4.69, 9.17) is 16.6 Å². The minimum Gasteiger partial charge on any atom is -0.410 e. The van der Waals surface area contributed by atoms with E-state index in [0.29, 0.717) is 4.32 Å². The minimum absolute atomic E-state index is 0.0230. The fourth-order valence-corrected chi connectivity index (χ4v) is 8.70. The van der Waals surface area contributed by atoms with Crippen LogP contribution in [0.25, 0.3) is 0 Å². The van der Waals surface area contributed by atoms with E-state index < -0.39 is 20.0 Å². The number of carbonyl (C=O) groups is 1. The molecule has 2 atom stereocenters. The predicted octanol–water partition coefficient (Wildman–Crippen LogP) is 5.14. The summed E-state index contributed by atoms with van der Waals surface area (Å²) in [5.41, 5.74) is 0.268. The summed E-state index contributed by atoms with van der Waals surface area (Å²) in [5.74, 6) is 0.602. The molecule has 4 nitrogen and oxygen atoms in total. The second-order valence-electron chi connectivity index (χ2n) is 7.94. The molecule has 0 aromatic heterocycles. The van der Waals surface area contributed by atoms with Crippen molar-refractivity contribution in [1.82, 2.24) is 4.90 Å². The fraction of sp³-hybridized carbons (Fsp3) is 0.619. The Morgan fingerprint density at radius 2 is 1.86 bits per heavy atom. The highest BCUT2D eigenvalue weighted by Gasteiger charge is 2.47. The van der Waals surface area contributed by atoms with Crippen LogP contribution in [-0.4, -0.2) is 45.9 Å². The lowest BCUT2D eigenvalue weighted by molar-refractivity contribution is -0.133. The van der Waals surface area contributed by atoms with Crippen LogP contribution in [0.3, 0.4) is 0 Å². The average molecular weight is 440 g/mol. The first-order valence-corrected chi connectivity index (χ1v) is 14.0. The number of thioether (sulfide) groups is 1. The molecule has 1 saturated heterocycles. The van der Waals surface area contributed by atoms with Crippen LogP contribution < -0.4 is 0 Å². The van der Waals surface area contributed by atoms with E-state index in [2.05, 4.69) is 34.6 Å². The number of benzene rings is 1. The van der Waals surface area contributed by atoms with Gasteiger partial charge in [-0.3, -0.25) is 9.69 Å². The van der Waals surface area contributed by atoms with Crippen LogP contribution in [0.15, 0.2) is 30.3 Å². The van der Waals surface area contributed by atoms with E-state index in [1.165, 1.54) is 11.8 Å². The van der Waals surface area contributed by atoms with Crippen LogP contribution >= 0.6 is 24.0 Å². The Morgan fingerprint density at radius 1 is 1.29 bits per heavy atom. The molecular weight excluding hydrogens is 406 g/mol. The molecule has 1 aliphatic heterocycles. The van der Waals surface area contributed by atoms with Crippen molar-refractivity contribution in [2.45, 2.75) is 76.9 Å². The van der Waals surface area contributed by atoms with Crippen LogP contribution in [0.2, 0.25) is 18.1 Å². The van der Waals surface area contributed by atoms with Gasteiger partial charge in [0.25, 0.3) is 0 Å². The third kappa shape index (κ3) is 5.24. The first-order chi connectivity index (χ1) is 13.2. The largest absolute Gasteiger partial charge is 0.410 e. The lowest BCUT2D eigenvalue weighted by atomic mass is 9.98. The summed E-state index contributed by atoms with van der Waals surface area (Å²) in [6, 6.07) is 12.4. The summed E-state index contributed by atoms with van der Waals surface area (Å²) in [5, 5.41) is 10.5. The third-order valence-electron chi connectivity index (χ3n) is 5.91. The standard InChI is InChI=1S/C21H33NO3S2Si/c1-6-28(7-2,8-3)25-21(4,5)18-15-27-20(26)22(18)19(24)14-17(23)16-12-10-9-11-13-16/h9-13,17-18,23H,6-8,14-15H2,1-5H3/t17-,18+/m1/s1. The molecule has 1 aliphatic rings. The van der Waals surface area contributed by atoms with Crippen molar-refractivity contribution in [3.8, 4) is 0 Å². The van der Waals surface area contributed by atoms with Gasteiger partial charge in [-0.25, -0.2) is 0 Å². The predicted molar refractivity (Wildman–Crippen MR) is 124 cm³/mol. The van der Waals surface area contributed by atoms with E-state index >= 15 is 0 Å². The second-order valence-corrected chi connectivity index (χ2v) is 14.3. The van der Waals surface area contributed by atoms with E-state index in [9.17, 15) is 9.90 Å². The van der Waals surface area contributed by atoms with Crippen molar-refractivity contribution < 1.29 is 14.3 Å². The summed E-state index contributed by atoms with van der Waals surface area (Å²) in [6.07, 6.45) is -0.808. The van der Waals surface area contributed by atoms with Gasteiger partial charge >= 0.3 is 0 Å². The lowest BCUT2D eigenvalue weighted by Crippen LogP contribution is -2.57. The molecule has 1 N–H and O–H groups in total. The van der Waals surface area contributed by atoms with Crippen LogP contribution in [0.5, 0.6) is 0 Å². The molecule has 0 unspecified atom stereocenters. The summed E-state index contributed by atoms with van der Waals surface area (Å²) in [7, 11) is -1.83. The molecule has 0 aliphatic carbocycles. The van der Waals surface area contributed by atoms with Crippen molar-refractivity contribution in [3.63, 3.8) is 0 Å². The van der Waals surface area contributed by atoms with Gasteiger partial charge in [0.15, 0.2) is 8.32 Å². The van der Waals surface area contributed by atoms with Gasteiger partial charge in [0, 0.05) is 5.75 Å².